The number of carbonyl (C=O) groups is 1. The predicted molar refractivity (Wildman–Crippen MR) is 67.4 cm³/mol. The summed E-state index contributed by atoms with van der Waals surface area (Å²) in [5, 5.41) is 2.76. The van der Waals surface area contributed by atoms with Crippen LogP contribution < -0.4 is 11.1 Å². The van der Waals surface area contributed by atoms with Gasteiger partial charge in [0.2, 0.25) is 5.91 Å². The number of nitrogens with two attached hydrogens (primary N) is 1. The molecule has 0 bridgehead atoms. The fourth-order valence-electron chi connectivity index (χ4n) is 1.39. The Morgan fingerprint density at radius 2 is 1.88 bits per heavy atom. The highest BCUT2D eigenvalue weighted by Gasteiger charge is 2.07. The Kier molecular flexibility index (Phi) is 4.50. The lowest BCUT2D eigenvalue weighted by Gasteiger charge is -2.11. The normalized spacial score (nSPS) is 14.2. The lowest BCUT2D eigenvalue weighted by Crippen LogP contribution is -2.32. The van der Waals surface area contributed by atoms with Gasteiger partial charge in [-0.2, -0.15) is 0 Å². The molecule has 0 heterocycles. The molecule has 0 aliphatic carbocycles. The van der Waals surface area contributed by atoms with Gasteiger partial charge < -0.3 is 11.1 Å². The molecule has 2 atom stereocenters. The molecule has 0 spiro atoms. The van der Waals surface area contributed by atoms with Crippen LogP contribution in [0.15, 0.2) is 24.3 Å². The Labute approximate surface area is 97.0 Å². The van der Waals surface area contributed by atoms with Crippen LogP contribution in [-0.2, 0) is 4.79 Å². The summed E-state index contributed by atoms with van der Waals surface area (Å²) in [5.74, 6) is 0.398. The first-order valence-corrected chi connectivity index (χ1v) is 5.71. The van der Waals surface area contributed by atoms with Crippen molar-refractivity contribution >= 4 is 11.6 Å². The molecule has 0 aromatic heterocycles. The molecule has 0 aliphatic heterocycles. The van der Waals surface area contributed by atoms with Crippen LogP contribution in [0.5, 0.6) is 0 Å². The van der Waals surface area contributed by atoms with Gasteiger partial charge in [0.25, 0.3) is 0 Å². The van der Waals surface area contributed by atoms with E-state index in [4.69, 9.17) is 5.73 Å². The van der Waals surface area contributed by atoms with E-state index in [-0.39, 0.29) is 5.91 Å². The Morgan fingerprint density at radius 3 is 2.31 bits per heavy atom. The number of hydrogen-bond acceptors (Lipinski definition) is 2. The summed E-state index contributed by atoms with van der Waals surface area (Å²) in [6.07, 6.45) is 1.12. The number of rotatable bonds is 4. The van der Waals surface area contributed by atoms with Crippen LogP contribution in [0.1, 0.15) is 38.7 Å². The Hall–Kier alpha value is -1.35. The van der Waals surface area contributed by atoms with Gasteiger partial charge in [-0.25, -0.2) is 0 Å². The summed E-state index contributed by atoms with van der Waals surface area (Å²) >= 11 is 0. The zero-order valence-corrected chi connectivity index (χ0v) is 10.2. The van der Waals surface area contributed by atoms with Gasteiger partial charge in [-0.1, -0.05) is 26.0 Å². The maximum atomic E-state index is 11.4. The second-order valence-electron chi connectivity index (χ2n) is 4.21. The van der Waals surface area contributed by atoms with Crippen molar-refractivity contribution in [2.24, 2.45) is 5.73 Å². The van der Waals surface area contributed by atoms with E-state index < -0.39 is 6.04 Å². The van der Waals surface area contributed by atoms with Crippen molar-refractivity contribution in [2.45, 2.75) is 39.2 Å². The summed E-state index contributed by atoms with van der Waals surface area (Å²) in [4.78, 5) is 11.4. The maximum absolute atomic E-state index is 11.4. The zero-order valence-electron chi connectivity index (χ0n) is 10.2. The lowest BCUT2D eigenvalue weighted by atomic mass is 9.99. The van der Waals surface area contributed by atoms with Crippen molar-refractivity contribution in [1.29, 1.82) is 0 Å². The number of hydrogen-bond donors (Lipinski definition) is 2. The number of amides is 1. The van der Waals surface area contributed by atoms with E-state index in [9.17, 15) is 4.79 Å². The topological polar surface area (TPSA) is 55.1 Å². The van der Waals surface area contributed by atoms with E-state index in [0.29, 0.717) is 5.92 Å². The molecule has 2 unspecified atom stereocenters. The van der Waals surface area contributed by atoms with Gasteiger partial charge in [0.1, 0.15) is 0 Å². The highest BCUT2D eigenvalue weighted by atomic mass is 16.2. The van der Waals surface area contributed by atoms with E-state index in [2.05, 4.69) is 19.2 Å². The van der Waals surface area contributed by atoms with E-state index in [0.717, 1.165) is 12.1 Å². The van der Waals surface area contributed by atoms with E-state index in [1.807, 2.05) is 24.3 Å². The summed E-state index contributed by atoms with van der Waals surface area (Å²) in [6, 6.07) is 7.45. The number of nitrogens with one attached hydrogen (secondary N) is 1. The lowest BCUT2D eigenvalue weighted by molar-refractivity contribution is -0.117. The molecule has 3 heteroatoms. The Morgan fingerprint density at radius 1 is 1.31 bits per heavy atom. The standard InChI is InChI=1S/C13H20N2O/c1-4-9(2)11-5-7-12(8-6-11)15-13(16)10(3)14/h5-10H,4,14H2,1-3H3,(H,15,16). The van der Waals surface area contributed by atoms with Crippen LogP contribution in [0, 0.1) is 0 Å². The van der Waals surface area contributed by atoms with Gasteiger partial charge in [-0.3, -0.25) is 4.79 Å². The molecule has 0 fully saturated rings. The molecule has 0 saturated heterocycles. The minimum Gasteiger partial charge on any atom is -0.325 e. The van der Waals surface area contributed by atoms with E-state index in [1.54, 1.807) is 6.92 Å². The molecule has 88 valence electrons. The minimum atomic E-state index is -0.478. The highest BCUT2D eigenvalue weighted by molar-refractivity contribution is 5.94. The number of benzene rings is 1. The summed E-state index contributed by atoms with van der Waals surface area (Å²) in [5.41, 5.74) is 7.56. The van der Waals surface area contributed by atoms with Crippen molar-refractivity contribution in [1.82, 2.24) is 0 Å². The van der Waals surface area contributed by atoms with Gasteiger partial charge in [-0.15, -0.1) is 0 Å². The van der Waals surface area contributed by atoms with Gasteiger partial charge in [0.15, 0.2) is 0 Å². The van der Waals surface area contributed by atoms with E-state index >= 15 is 0 Å². The van der Waals surface area contributed by atoms with E-state index in [1.165, 1.54) is 5.56 Å². The van der Waals surface area contributed by atoms with Crippen LogP contribution in [0.2, 0.25) is 0 Å². The molecule has 0 radical (unpaired) electrons. The molecule has 1 aromatic rings. The fourth-order valence-corrected chi connectivity index (χ4v) is 1.39. The summed E-state index contributed by atoms with van der Waals surface area (Å²) in [6.45, 7) is 6.02. The van der Waals surface area contributed by atoms with Crippen LogP contribution in [0.3, 0.4) is 0 Å². The fraction of sp³-hybridized carbons (Fsp3) is 0.462. The van der Waals surface area contributed by atoms with Gasteiger partial charge in [0, 0.05) is 5.69 Å². The third-order valence-electron chi connectivity index (χ3n) is 2.77. The zero-order chi connectivity index (χ0) is 12.1. The van der Waals surface area contributed by atoms with Crippen molar-refractivity contribution in [3.8, 4) is 0 Å². The molecular weight excluding hydrogens is 200 g/mol. The van der Waals surface area contributed by atoms with Crippen LogP contribution in [-0.4, -0.2) is 11.9 Å². The quantitative estimate of drug-likeness (QED) is 0.819. The molecule has 0 aliphatic rings. The van der Waals surface area contributed by atoms with Crippen molar-refractivity contribution in [3.05, 3.63) is 29.8 Å². The average Bonchev–Trinajstić information content (AvgIpc) is 2.28. The van der Waals surface area contributed by atoms with Crippen LogP contribution in [0.25, 0.3) is 0 Å². The molecule has 16 heavy (non-hydrogen) atoms. The largest absolute Gasteiger partial charge is 0.325 e. The molecule has 3 nitrogen and oxygen atoms in total. The first-order chi connectivity index (χ1) is 7.54. The molecule has 1 rings (SSSR count). The third kappa shape index (κ3) is 3.35. The first kappa shape index (κ1) is 12.7. The highest BCUT2D eigenvalue weighted by Crippen LogP contribution is 2.20. The first-order valence-electron chi connectivity index (χ1n) is 5.71. The molecule has 0 saturated carbocycles. The summed E-state index contributed by atoms with van der Waals surface area (Å²) < 4.78 is 0. The molecule has 1 aromatic carbocycles. The van der Waals surface area contributed by atoms with Crippen molar-refractivity contribution in [2.75, 3.05) is 5.32 Å². The Balaban J connectivity index is 2.68. The average molecular weight is 220 g/mol. The summed E-state index contributed by atoms with van der Waals surface area (Å²) in [7, 11) is 0. The van der Waals surface area contributed by atoms with Gasteiger partial charge in [0.05, 0.1) is 6.04 Å². The SMILES string of the molecule is CCC(C)c1ccc(NC(=O)C(C)N)cc1. The van der Waals surface area contributed by atoms with Gasteiger partial charge in [-0.05, 0) is 37.0 Å². The molecular formula is C13H20N2O. The second-order valence-corrected chi connectivity index (χ2v) is 4.21. The second kappa shape index (κ2) is 5.66. The van der Waals surface area contributed by atoms with Crippen molar-refractivity contribution < 1.29 is 4.79 Å². The van der Waals surface area contributed by atoms with Gasteiger partial charge >= 0.3 is 0 Å². The monoisotopic (exact) mass is 220 g/mol. The van der Waals surface area contributed by atoms with Crippen LogP contribution >= 0.6 is 0 Å². The van der Waals surface area contributed by atoms with Crippen LogP contribution in [0.4, 0.5) is 5.69 Å². The predicted octanol–water partition coefficient (Wildman–Crippen LogP) is 2.49. The maximum Gasteiger partial charge on any atom is 0.240 e. The van der Waals surface area contributed by atoms with Crippen molar-refractivity contribution in [3.63, 3.8) is 0 Å². The smallest absolute Gasteiger partial charge is 0.240 e. The molecule has 1 amide bonds. The minimum absolute atomic E-state index is 0.156. The Bertz CT molecular complexity index is 343. The third-order valence-corrected chi connectivity index (χ3v) is 2.77. The number of anilines is 1. The number of carbonyl (C=O) groups excluding carboxylic acids is 1. The molecule has 3 N–H and O–H groups in total.